The monoisotopic (exact) mass is 595 g/mol. The van der Waals surface area contributed by atoms with Crippen molar-refractivity contribution >= 4 is 26.3 Å². The van der Waals surface area contributed by atoms with E-state index < -0.39 is 19.8 Å². The highest BCUT2D eigenvalue weighted by molar-refractivity contribution is 7.99. The molecule has 1 heterocycles. The van der Waals surface area contributed by atoms with E-state index in [0.29, 0.717) is 17.9 Å². The van der Waals surface area contributed by atoms with Crippen LogP contribution in [0.4, 0.5) is 4.39 Å². The number of aryl methyl sites for hydroxylation is 2. The Morgan fingerprint density at radius 2 is 1.59 bits per heavy atom. The molecule has 4 rings (SSSR count). The van der Waals surface area contributed by atoms with Crippen molar-refractivity contribution in [3.05, 3.63) is 83.7 Å². The summed E-state index contributed by atoms with van der Waals surface area (Å²) in [6, 6.07) is 21.7. The number of halogens is 1. The molecule has 0 N–H and O–H groups in total. The van der Waals surface area contributed by atoms with E-state index >= 15 is 4.39 Å². The Bertz CT molecular complexity index is 1410. The van der Waals surface area contributed by atoms with Gasteiger partial charge >= 0.3 is 0 Å². The van der Waals surface area contributed by atoms with Crippen LogP contribution in [0.2, 0.25) is 0 Å². The SMILES string of the molecule is CC1=NC(CCc2ccc(-c3ccc(Sc4cccc(C)c4)cc3F)cc2)(CO[PH2]=O)C(C(C)(C)C)(C(C)(C)C)O1. The van der Waals surface area contributed by atoms with E-state index in [1.54, 1.807) is 17.8 Å². The summed E-state index contributed by atoms with van der Waals surface area (Å²) in [7, 11) is -1.37. The van der Waals surface area contributed by atoms with Gasteiger partial charge in [0.05, 0.1) is 6.61 Å². The Kier molecular flexibility index (Phi) is 9.28. The Hall–Kier alpha value is -2.40. The van der Waals surface area contributed by atoms with Gasteiger partial charge in [0.25, 0.3) is 0 Å². The summed E-state index contributed by atoms with van der Waals surface area (Å²) in [4.78, 5) is 7.04. The maximum Gasteiger partial charge on any atom is 0.181 e. The quantitative estimate of drug-likeness (QED) is 0.231. The summed E-state index contributed by atoms with van der Waals surface area (Å²) >= 11 is 1.56. The number of aliphatic imine (C=N–C) groups is 1. The number of hydrogen-bond acceptors (Lipinski definition) is 5. The van der Waals surface area contributed by atoms with E-state index in [-0.39, 0.29) is 23.3 Å². The fraction of sp³-hybridized carbons (Fsp3) is 0.441. The Morgan fingerprint density at radius 1 is 0.927 bits per heavy atom. The smallest absolute Gasteiger partial charge is 0.181 e. The predicted molar refractivity (Wildman–Crippen MR) is 170 cm³/mol. The van der Waals surface area contributed by atoms with Gasteiger partial charge in [-0.2, -0.15) is 0 Å². The maximum atomic E-state index is 15.2. The molecule has 0 saturated carbocycles. The lowest BCUT2D eigenvalue weighted by molar-refractivity contribution is -0.165. The first-order valence-corrected chi connectivity index (χ1v) is 15.9. The van der Waals surface area contributed by atoms with Gasteiger partial charge in [-0.15, -0.1) is 0 Å². The number of rotatable bonds is 9. The Balaban J connectivity index is 1.57. The predicted octanol–water partition coefficient (Wildman–Crippen LogP) is 9.59. The molecule has 41 heavy (non-hydrogen) atoms. The lowest BCUT2D eigenvalue weighted by Crippen LogP contribution is -2.68. The van der Waals surface area contributed by atoms with Gasteiger partial charge in [0, 0.05) is 33.1 Å². The standard InChI is InChI=1S/C34H43FNO3PS/c1-23-10-9-11-27(20-23)41-28-16-17-29(30(35)21-28)26-14-12-25(13-15-26)18-19-33(22-38-40-37)34(31(3,4)5,32(6,7)8)39-24(2)36-33/h9-17,20-21H,18-19,22,40H2,1-8H3. The lowest BCUT2D eigenvalue weighted by Gasteiger charge is -2.57. The van der Waals surface area contributed by atoms with Crippen LogP contribution in [0.15, 0.2) is 81.5 Å². The van der Waals surface area contributed by atoms with Crippen LogP contribution < -0.4 is 0 Å². The van der Waals surface area contributed by atoms with Crippen LogP contribution in [-0.4, -0.2) is 23.6 Å². The molecule has 3 aromatic rings. The van der Waals surface area contributed by atoms with Crippen molar-refractivity contribution in [2.75, 3.05) is 6.61 Å². The molecule has 220 valence electrons. The minimum absolute atomic E-state index is 0.230. The van der Waals surface area contributed by atoms with Crippen molar-refractivity contribution in [1.29, 1.82) is 0 Å². The highest BCUT2D eigenvalue weighted by Gasteiger charge is 2.68. The second-order valence-electron chi connectivity index (χ2n) is 13.1. The van der Waals surface area contributed by atoms with E-state index in [1.165, 1.54) is 5.56 Å². The molecule has 2 unspecified atom stereocenters. The molecule has 0 fully saturated rings. The van der Waals surface area contributed by atoms with Gasteiger partial charge in [0.1, 0.15) is 17.0 Å². The van der Waals surface area contributed by atoms with Crippen LogP contribution in [-0.2, 0) is 20.2 Å². The highest BCUT2D eigenvalue weighted by Crippen LogP contribution is 2.59. The minimum atomic E-state index is -1.37. The largest absolute Gasteiger partial charge is 0.471 e. The normalized spacial score (nSPS) is 19.0. The fourth-order valence-corrected chi connectivity index (χ4v) is 8.27. The van der Waals surface area contributed by atoms with E-state index in [2.05, 4.69) is 72.7 Å². The topological polar surface area (TPSA) is 47.9 Å². The summed E-state index contributed by atoms with van der Waals surface area (Å²) in [6.45, 7) is 17.3. The van der Waals surface area contributed by atoms with E-state index in [4.69, 9.17) is 14.3 Å². The summed E-state index contributed by atoms with van der Waals surface area (Å²) in [5.41, 5.74) is 1.78. The number of hydrogen-bond donors (Lipinski definition) is 0. The molecule has 1 aliphatic rings. The number of benzene rings is 3. The van der Waals surface area contributed by atoms with Crippen molar-refractivity contribution in [1.82, 2.24) is 0 Å². The molecular weight excluding hydrogens is 552 g/mol. The second-order valence-corrected chi connectivity index (χ2v) is 14.8. The highest BCUT2D eigenvalue weighted by atomic mass is 32.2. The molecule has 0 aliphatic carbocycles. The van der Waals surface area contributed by atoms with E-state index in [9.17, 15) is 4.57 Å². The zero-order valence-corrected chi connectivity index (χ0v) is 27.5. The summed E-state index contributed by atoms with van der Waals surface area (Å²) in [6.07, 6.45) is 1.39. The van der Waals surface area contributed by atoms with Gasteiger partial charge in [-0.3, -0.25) is 4.57 Å². The van der Waals surface area contributed by atoms with Gasteiger partial charge in [0.2, 0.25) is 0 Å². The van der Waals surface area contributed by atoms with Crippen LogP contribution in [0, 0.1) is 23.6 Å². The molecule has 7 heteroatoms. The summed E-state index contributed by atoms with van der Waals surface area (Å²) in [5.74, 6) is 0.397. The lowest BCUT2D eigenvalue weighted by atomic mass is 9.53. The molecule has 4 nitrogen and oxygen atoms in total. The Labute approximate surface area is 250 Å². The van der Waals surface area contributed by atoms with Crippen LogP contribution in [0.5, 0.6) is 0 Å². The molecular formula is C34H43FNO3PS. The zero-order chi connectivity index (χ0) is 30.1. The van der Waals surface area contributed by atoms with Crippen molar-refractivity contribution in [3.8, 4) is 11.1 Å². The molecule has 0 aromatic heterocycles. The first kappa shape index (κ1) is 31.5. The third-order valence-electron chi connectivity index (χ3n) is 8.09. The average Bonchev–Trinajstić information content (AvgIpc) is 3.20. The Morgan fingerprint density at radius 3 is 2.17 bits per heavy atom. The van der Waals surface area contributed by atoms with Gasteiger partial charge in [-0.1, -0.05) is 101 Å². The molecule has 0 radical (unpaired) electrons. The zero-order valence-electron chi connectivity index (χ0n) is 25.5. The molecule has 0 amide bonds. The van der Waals surface area contributed by atoms with Gasteiger partial charge < -0.3 is 9.26 Å². The molecule has 0 spiro atoms. The second kappa shape index (κ2) is 12.1. The molecule has 0 bridgehead atoms. The summed E-state index contributed by atoms with van der Waals surface area (Å²) < 4.78 is 39.1. The first-order valence-electron chi connectivity index (χ1n) is 14.2. The van der Waals surface area contributed by atoms with Crippen LogP contribution >= 0.6 is 20.4 Å². The van der Waals surface area contributed by atoms with Gasteiger partial charge in [-0.25, -0.2) is 9.38 Å². The van der Waals surface area contributed by atoms with Crippen LogP contribution in [0.1, 0.15) is 66.0 Å². The average molecular weight is 596 g/mol. The maximum absolute atomic E-state index is 15.2. The van der Waals surface area contributed by atoms with Crippen molar-refractivity contribution in [2.24, 2.45) is 15.8 Å². The van der Waals surface area contributed by atoms with Crippen molar-refractivity contribution in [3.63, 3.8) is 0 Å². The minimum Gasteiger partial charge on any atom is -0.471 e. The molecule has 0 saturated heterocycles. The first-order chi connectivity index (χ1) is 19.2. The third kappa shape index (κ3) is 6.35. The fourth-order valence-electron chi connectivity index (χ4n) is 6.97. The van der Waals surface area contributed by atoms with Crippen LogP contribution in [0.3, 0.4) is 0 Å². The number of nitrogens with zero attached hydrogens (tertiary/aromatic N) is 1. The third-order valence-corrected chi connectivity index (χ3v) is 9.37. The van der Waals surface area contributed by atoms with E-state index in [1.807, 2.05) is 43.3 Å². The molecule has 2 atom stereocenters. The number of ether oxygens (including phenoxy) is 1. The molecule has 1 aliphatic heterocycles. The molecule has 3 aromatic carbocycles. The van der Waals surface area contributed by atoms with Gasteiger partial charge in [0.15, 0.2) is 14.6 Å². The van der Waals surface area contributed by atoms with Crippen LogP contribution in [0.25, 0.3) is 11.1 Å². The van der Waals surface area contributed by atoms with Gasteiger partial charge in [-0.05, 0) is 55.2 Å². The van der Waals surface area contributed by atoms with Crippen molar-refractivity contribution in [2.45, 2.75) is 89.2 Å². The van der Waals surface area contributed by atoms with Crippen molar-refractivity contribution < 1.29 is 18.2 Å². The van der Waals surface area contributed by atoms with E-state index in [0.717, 1.165) is 27.3 Å². The summed E-state index contributed by atoms with van der Waals surface area (Å²) in [5, 5.41) is 0.